The predicted molar refractivity (Wildman–Crippen MR) is 135 cm³/mol. The third-order valence-electron chi connectivity index (χ3n) is 6.95. The van der Waals surface area contributed by atoms with Crippen molar-refractivity contribution in [3.05, 3.63) is 84.3 Å². The Morgan fingerprint density at radius 2 is 1.81 bits per heavy atom. The lowest BCUT2D eigenvalue weighted by Crippen LogP contribution is -3.06. The van der Waals surface area contributed by atoms with Crippen molar-refractivity contribution >= 4 is 20.9 Å². The first-order valence-corrected chi connectivity index (χ1v) is 13.8. The molecule has 2 saturated heterocycles. The molecule has 0 bridgehead atoms. The number of sulfonamides is 1. The molecular formula is C26H29N6O4S+. The van der Waals surface area contributed by atoms with Crippen LogP contribution in [0, 0.1) is 0 Å². The molecule has 0 amide bonds. The molecule has 11 heteroatoms. The number of hydrogen-bond acceptors (Lipinski definition) is 7. The summed E-state index contributed by atoms with van der Waals surface area (Å²) in [5.41, 5.74) is 2.59. The Hall–Kier alpha value is -3.22. The van der Waals surface area contributed by atoms with Crippen LogP contribution in [-0.2, 0) is 32.6 Å². The molecule has 0 radical (unpaired) electrons. The molecule has 0 spiro atoms. The van der Waals surface area contributed by atoms with Gasteiger partial charge in [-0.25, -0.2) is 17.8 Å². The summed E-state index contributed by atoms with van der Waals surface area (Å²) in [6.45, 7) is 2.22. The second kappa shape index (κ2) is 9.92. The Balaban J connectivity index is 1.12. The summed E-state index contributed by atoms with van der Waals surface area (Å²) >= 11 is 0. The van der Waals surface area contributed by atoms with Gasteiger partial charge in [0, 0.05) is 17.1 Å². The van der Waals surface area contributed by atoms with E-state index in [9.17, 15) is 8.42 Å². The Bertz CT molecular complexity index is 1490. The number of benzene rings is 2. The van der Waals surface area contributed by atoms with Crippen molar-refractivity contribution in [1.82, 2.24) is 24.7 Å². The predicted octanol–water partition coefficient (Wildman–Crippen LogP) is 0.727. The van der Waals surface area contributed by atoms with Crippen LogP contribution in [0.2, 0.25) is 0 Å². The van der Waals surface area contributed by atoms with Crippen molar-refractivity contribution < 1.29 is 22.8 Å². The summed E-state index contributed by atoms with van der Waals surface area (Å²) in [7, 11) is -1.71. The highest BCUT2D eigenvalue weighted by molar-refractivity contribution is 7.89. The molecule has 2 N–H and O–H groups in total. The molecule has 2 fully saturated rings. The second-order valence-corrected chi connectivity index (χ2v) is 11.4. The number of nitrogens with one attached hydrogen (secondary N) is 2. The Kier molecular flexibility index (Phi) is 6.47. The minimum Gasteiger partial charge on any atom is -0.371 e. The van der Waals surface area contributed by atoms with Gasteiger partial charge in [-0.3, -0.25) is 4.98 Å². The molecule has 37 heavy (non-hydrogen) atoms. The van der Waals surface area contributed by atoms with Crippen LogP contribution in [0.25, 0.3) is 10.9 Å². The Labute approximate surface area is 215 Å². The number of hydrogen-bond donors (Lipinski definition) is 2. The van der Waals surface area contributed by atoms with Crippen LogP contribution in [0.5, 0.6) is 0 Å². The van der Waals surface area contributed by atoms with Crippen molar-refractivity contribution in [1.29, 1.82) is 0 Å². The van der Waals surface area contributed by atoms with Crippen molar-refractivity contribution in [2.24, 2.45) is 0 Å². The molecule has 2 aromatic carbocycles. The van der Waals surface area contributed by atoms with Gasteiger partial charge < -0.3 is 14.4 Å². The van der Waals surface area contributed by atoms with Crippen molar-refractivity contribution in [3.63, 3.8) is 0 Å². The molecule has 4 heterocycles. The standard InChI is InChI=1S/C26H28N6O4S/c1-31(13-18-7-3-2-4-8-18)14-20-15-32(30-28-20)22-17-36-25-21(16-35-26(22)25)29-37(33,34)23-11-5-9-19-10-6-12-27-24(19)23/h2-12,15,21-22,25-26,29H,13-14,16-17H2,1H3/p+1/t21-,22-,25+,26+/m0/s1. The lowest BCUT2D eigenvalue weighted by atomic mass is 10.1. The largest absolute Gasteiger partial charge is 0.371 e. The maximum atomic E-state index is 13.3. The fraction of sp³-hybridized carbons (Fsp3) is 0.346. The van der Waals surface area contributed by atoms with Gasteiger partial charge in [-0.15, -0.1) is 5.10 Å². The van der Waals surface area contributed by atoms with E-state index in [1.807, 2.05) is 36.5 Å². The quantitative estimate of drug-likeness (QED) is 0.352. The maximum Gasteiger partial charge on any atom is 0.243 e. The monoisotopic (exact) mass is 521 g/mol. The van der Waals surface area contributed by atoms with E-state index in [0.29, 0.717) is 12.1 Å². The molecule has 10 nitrogen and oxygen atoms in total. The van der Waals surface area contributed by atoms with Gasteiger partial charge in [0.15, 0.2) is 0 Å². The van der Waals surface area contributed by atoms with E-state index in [4.69, 9.17) is 9.47 Å². The van der Waals surface area contributed by atoms with Crippen LogP contribution in [0.15, 0.2) is 78.0 Å². The van der Waals surface area contributed by atoms with Crippen LogP contribution in [-0.4, -0.2) is 66.9 Å². The topological polar surface area (TPSA) is 113 Å². The van der Waals surface area contributed by atoms with Crippen molar-refractivity contribution in [2.75, 3.05) is 20.3 Å². The number of aromatic nitrogens is 4. The average molecular weight is 522 g/mol. The fourth-order valence-corrected chi connectivity index (χ4v) is 6.65. The third-order valence-corrected chi connectivity index (χ3v) is 8.47. The number of rotatable bonds is 8. The number of pyridine rings is 1. The third kappa shape index (κ3) is 4.88. The van der Waals surface area contributed by atoms with Gasteiger partial charge in [-0.05, 0) is 12.1 Å². The van der Waals surface area contributed by atoms with Gasteiger partial charge in [0.25, 0.3) is 0 Å². The van der Waals surface area contributed by atoms with Crippen LogP contribution < -0.4 is 9.62 Å². The number of ether oxygens (including phenoxy) is 2. The molecule has 2 aliphatic heterocycles. The lowest BCUT2D eigenvalue weighted by molar-refractivity contribution is -0.908. The highest BCUT2D eigenvalue weighted by atomic mass is 32.2. The normalized spacial score (nSPS) is 24.4. The van der Waals surface area contributed by atoms with Crippen molar-refractivity contribution in [2.45, 2.75) is 42.3 Å². The summed E-state index contributed by atoms with van der Waals surface area (Å²) in [6, 6.07) is 18.4. The molecule has 6 rings (SSSR count). The minimum absolute atomic E-state index is 0.145. The van der Waals surface area contributed by atoms with Crippen LogP contribution in [0.3, 0.4) is 0 Å². The smallest absolute Gasteiger partial charge is 0.243 e. The van der Waals surface area contributed by atoms with Gasteiger partial charge in [0.05, 0.1) is 38.0 Å². The van der Waals surface area contributed by atoms with E-state index in [1.165, 1.54) is 10.5 Å². The Morgan fingerprint density at radius 1 is 1.00 bits per heavy atom. The zero-order valence-corrected chi connectivity index (χ0v) is 21.2. The second-order valence-electron chi connectivity index (χ2n) is 9.71. The molecule has 0 saturated carbocycles. The van der Waals surface area contributed by atoms with Gasteiger partial charge >= 0.3 is 0 Å². The summed E-state index contributed by atoms with van der Waals surface area (Å²) in [4.78, 5) is 5.73. The van der Waals surface area contributed by atoms with Gasteiger partial charge in [-0.1, -0.05) is 53.7 Å². The van der Waals surface area contributed by atoms with Crippen LogP contribution in [0.4, 0.5) is 0 Å². The molecular weight excluding hydrogens is 492 g/mol. The number of para-hydroxylation sites is 1. The lowest BCUT2D eigenvalue weighted by Gasteiger charge is -2.18. The van der Waals surface area contributed by atoms with Crippen LogP contribution in [0.1, 0.15) is 17.3 Å². The first-order chi connectivity index (χ1) is 18.0. The summed E-state index contributed by atoms with van der Waals surface area (Å²) < 4.78 is 43.2. The van der Waals surface area contributed by atoms with E-state index in [2.05, 4.69) is 39.2 Å². The van der Waals surface area contributed by atoms with E-state index in [1.54, 1.807) is 29.1 Å². The SMILES string of the molecule is C[NH+](Cc1ccccc1)Cc1cn([C@H]2CO[C@H]3[C@@H]2OC[C@@H]3NS(=O)(=O)c2cccc3cccnc23)nn1. The fourth-order valence-electron chi connectivity index (χ4n) is 5.24. The van der Waals surface area contributed by atoms with Gasteiger partial charge in [-0.2, -0.15) is 0 Å². The van der Waals surface area contributed by atoms with Gasteiger partial charge in [0.1, 0.15) is 41.9 Å². The van der Waals surface area contributed by atoms with Crippen LogP contribution >= 0.6 is 0 Å². The Morgan fingerprint density at radius 3 is 2.68 bits per heavy atom. The zero-order chi connectivity index (χ0) is 25.4. The van der Waals surface area contributed by atoms with Gasteiger partial charge in [0.2, 0.25) is 10.0 Å². The molecule has 5 atom stereocenters. The molecule has 2 aromatic heterocycles. The number of nitrogens with zero attached hydrogens (tertiary/aromatic N) is 4. The minimum atomic E-state index is -3.84. The van der Waals surface area contributed by atoms with Crippen molar-refractivity contribution in [3.8, 4) is 0 Å². The highest BCUT2D eigenvalue weighted by Crippen LogP contribution is 2.34. The van der Waals surface area contributed by atoms with E-state index in [0.717, 1.165) is 24.2 Å². The maximum absolute atomic E-state index is 13.3. The molecule has 4 aromatic rings. The molecule has 0 aliphatic carbocycles. The number of fused-ring (bicyclic) bond motifs is 2. The zero-order valence-electron chi connectivity index (χ0n) is 20.4. The van der Waals surface area contributed by atoms with E-state index >= 15 is 0 Å². The molecule has 192 valence electrons. The molecule has 2 aliphatic rings. The highest BCUT2D eigenvalue weighted by Gasteiger charge is 2.50. The van der Waals surface area contributed by atoms with E-state index < -0.39 is 22.2 Å². The summed E-state index contributed by atoms with van der Waals surface area (Å²) in [5.74, 6) is 0. The first-order valence-electron chi connectivity index (χ1n) is 12.3. The first kappa shape index (κ1) is 24.1. The number of quaternary nitrogens is 1. The summed E-state index contributed by atoms with van der Waals surface area (Å²) in [6.07, 6.45) is 2.80. The molecule has 1 unspecified atom stereocenters. The summed E-state index contributed by atoms with van der Waals surface area (Å²) in [5, 5.41) is 9.48. The van der Waals surface area contributed by atoms with E-state index in [-0.39, 0.29) is 23.6 Å². The average Bonchev–Trinajstić information content (AvgIpc) is 3.62.